The van der Waals surface area contributed by atoms with Crippen molar-refractivity contribution in [2.24, 2.45) is 0 Å². The van der Waals surface area contributed by atoms with E-state index in [4.69, 9.17) is 17.3 Å². The van der Waals surface area contributed by atoms with Gasteiger partial charge in [0.05, 0.1) is 11.4 Å². The lowest BCUT2D eigenvalue weighted by molar-refractivity contribution is 0.601. The summed E-state index contributed by atoms with van der Waals surface area (Å²) in [5.74, 6) is 0. The lowest BCUT2D eigenvalue weighted by atomic mass is 10.3. The number of aromatic nitrogens is 1. The van der Waals surface area contributed by atoms with E-state index in [0.29, 0.717) is 4.47 Å². The van der Waals surface area contributed by atoms with E-state index in [1.165, 1.54) is 12.1 Å². The molecule has 0 atom stereocenters. The average Bonchev–Trinajstić information content (AvgIpc) is 2.33. The Morgan fingerprint density at radius 1 is 1.35 bits per heavy atom. The Morgan fingerprint density at radius 2 is 2.05 bits per heavy atom. The molecule has 3 N–H and O–H groups in total. The summed E-state index contributed by atoms with van der Waals surface area (Å²) in [6.07, 6.45) is 1.55. The van der Waals surface area contributed by atoms with Gasteiger partial charge in [0.2, 0.25) is 0 Å². The fourth-order valence-electron chi connectivity index (χ4n) is 1.59. The van der Waals surface area contributed by atoms with Crippen LogP contribution in [0.25, 0.3) is 0 Å². The van der Waals surface area contributed by atoms with Gasteiger partial charge in [-0.15, -0.1) is 0 Å². The molecule has 1 aromatic heterocycles. The van der Waals surface area contributed by atoms with E-state index in [2.05, 4.69) is 25.6 Å². The number of nitrogen functional groups attached to an aromatic ring is 1. The number of halogens is 2. The molecule has 20 heavy (non-hydrogen) atoms. The smallest absolute Gasteiger partial charge is 0.264 e. The molecule has 8 heteroatoms. The number of nitrogens with one attached hydrogen (secondary N) is 1. The predicted octanol–water partition coefficient (Wildman–Crippen LogP) is 3.19. The van der Waals surface area contributed by atoms with Gasteiger partial charge in [-0.2, -0.15) is 0 Å². The number of rotatable bonds is 3. The zero-order valence-corrected chi connectivity index (χ0v) is 13.6. The molecule has 0 radical (unpaired) electrons. The number of benzene rings is 1. The van der Waals surface area contributed by atoms with Gasteiger partial charge >= 0.3 is 0 Å². The van der Waals surface area contributed by atoms with Crippen LogP contribution in [0.15, 0.2) is 39.8 Å². The van der Waals surface area contributed by atoms with Crippen molar-refractivity contribution in [3.8, 4) is 0 Å². The molecule has 0 spiro atoms. The molecule has 0 aliphatic heterocycles. The first-order valence-electron chi connectivity index (χ1n) is 5.49. The zero-order chi connectivity index (χ0) is 14.9. The first kappa shape index (κ1) is 15.1. The van der Waals surface area contributed by atoms with Crippen LogP contribution < -0.4 is 10.5 Å². The number of anilines is 2. The van der Waals surface area contributed by atoms with Crippen molar-refractivity contribution >= 4 is 48.9 Å². The van der Waals surface area contributed by atoms with E-state index in [1.54, 1.807) is 25.3 Å². The van der Waals surface area contributed by atoms with Crippen LogP contribution in [-0.4, -0.2) is 13.4 Å². The van der Waals surface area contributed by atoms with Crippen molar-refractivity contribution in [1.82, 2.24) is 4.98 Å². The van der Waals surface area contributed by atoms with Crippen molar-refractivity contribution in [3.05, 3.63) is 45.7 Å². The van der Waals surface area contributed by atoms with E-state index in [-0.39, 0.29) is 21.4 Å². The van der Waals surface area contributed by atoms with Crippen LogP contribution in [0.4, 0.5) is 11.4 Å². The molecule has 1 aromatic carbocycles. The maximum absolute atomic E-state index is 12.3. The summed E-state index contributed by atoms with van der Waals surface area (Å²) in [7, 11) is -3.82. The van der Waals surface area contributed by atoms with Crippen LogP contribution in [-0.2, 0) is 10.0 Å². The van der Waals surface area contributed by atoms with Gasteiger partial charge in [-0.1, -0.05) is 27.5 Å². The van der Waals surface area contributed by atoms with Gasteiger partial charge in [0.1, 0.15) is 4.90 Å². The van der Waals surface area contributed by atoms with E-state index >= 15 is 0 Å². The minimum Gasteiger partial charge on any atom is -0.398 e. The monoisotopic (exact) mass is 375 g/mol. The first-order chi connectivity index (χ1) is 9.29. The summed E-state index contributed by atoms with van der Waals surface area (Å²) in [5, 5.41) is 0.0786. The Bertz CT molecular complexity index is 765. The number of nitrogens with two attached hydrogens (primary N) is 1. The molecule has 1 heterocycles. The summed E-state index contributed by atoms with van der Waals surface area (Å²) in [5.41, 5.74) is 6.88. The molecule has 0 saturated carbocycles. The summed E-state index contributed by atoms with van der Waals surface area (Å²) >= 11 is 9.10. The fourth-order valence-corrected chi connectivity index (χ4v) is 3.34. The Balaban J connectivity index is 2.43. The minimum absolute atomic E-state index is 0.0155. The third kappa shape index (κ3) is 3.23. The van der Waals surface area contributed by atoms with Crippen molar-refractivity contribution in [2.45, 2.75) is 11.8 Å². The van der Waals surface area contributed by atoms with Crippen molar-refractivity contribution < 1.29 is 8.42 Å². The van der Waals surface area contributed by atoms with E-state index in [9.17, 15) is 8.42 Å². The fraction of sp³-hybridized carbons (Fsp3) is 0.0833. The Labute approximate surface area is 130 Å². The first-order valence-corrected chi connectivity index (χ1v) is 8.15. The quantitative estimate of drug-likeness (QED) is 0.636. The van der Waals surface area contributed by atoms with Gasteiger partial charge in [-0.05, 0) is 36.8 Å². The molecular weight excluding hydrogens is 366 g/mol. The van der Waals surface area contributed by atoms with Crippen LogP contribution in [0.2, 0.25) is 5.15 Å². The SMILES string of the molecule is Cc1cnc(Cl)c(NS(=O)(=O)c2ccc(Br)cc2N)c1. The van der Waals surface area contributed by atoms with Gasteiger partial charge in [-0.25, -0.2) is 13.4 Å². The van der Waals surface area contributed by atoms with Crippen molar-refractivity contribution in [3.63, 3.8) is 0 Å². The highest BCUT2D eigenvalue weighted by Crippen LogP contribution is 2.27. The molecule has 0 amide bonds. The summed E-state index contributed by atoms with van der Waals surface area (Å²) in [6.45, 7) is 1.79. The lowest BCUT2D eigenvalue weighted by Crippen LogP contribution is -2.15. The molecule has 0 unspecified atom stereocenters. The number of nitrogens with zero attached hydrogens (tertiary/aromatic N) is 1. The molecule has 0 aliphatic rings. The highest BCUT2D eigenvalue weighted by atomic mass is 79.9. The van der Waals surface area contributed by atoms with Crippen molar-refractivity contribution in [1.29, 1.82) is 0 Å². The molecule has 2 aromatic rings. The van der Waals surface area contributed by atoms with E-state index < -0.39 is 10.0 Å². The maximum Gasteiger partial charge on any atom is 0.264 e. The number of pyridine rings is 1. The van der Waals surface area contributed by atoms with Crippen LogP contribution in [0.5, 0.6) is 0 Å². The van der Waals surface area contributed by atoms with Gasteiger partial charge < -0.3 is 5.73 Å². The zero-order valence-electron chi connectivity index (χ0n) is 10.4. The third-order valence-electron chi connectivity index (χ3n) is 2.48. The van der Waals surface area contributed by atoms with Crippen LogP contribution in [0.1, 0.15) is 5.56 Å². The van der Waals surface area contributed by atoms with Gasteiger partial charge in [-0.3, -0.25) is 4.72 Å². The Hall–Kier alpha value is -1.31. The molecule has 0 fully saturated rings. The number of sulfonamides is 1. The Kier molecular flexibility index (Phi) is 4.22. The normalized spacial score (nSPS) is 11.3. The molecule has 5 nitrogen and oxygen atoms in total. The van der Waals surface area contributed by atoms with E-state index in [1.807, 2.05) is 0 Å². The van der Waals surface area contributed by atoms with Crippen molar-refractivity contribution in [2.75, 3.05) is 10.5 Å². The molecule has 106 valence electrons. The highest BCUT2D eigenvalue weighted by Gasteiger charge is 2.19. The predicted molar refractivity (Wildman–Crippen MR) is 83.3 cm³/mol. The molecule has 2 rings (SSSR count). The average molecular weight is 377 g/mol. The summed E-state index contributed by atoms with van der Waals surface area (Å²) in [4.78, 5) is 3.88. The second kappa shape index (κ2) is 5.59. The standard InChI is InChI=1S/C12H11BrClN3O2S/c1-7-4-10(12(14)16-6-7)17-20(18,19)11-3-2-8(13)5-9(11)15/h2-6,17H,15H2,1H3. The lowest BCUT2D eigenvalue weighted by Gasteiger charge is -2.11. The minimum atomic E-state index is -3.82. The number of hydrogen-bond acceptors (Lipinski definition) is 4. The van der Waals surface area contributed by atoms with Crippen LogP contribution in [0.3, 0.4) is 0 Å². The highest BCUT2D eigenvalue weighted by molar-refractivity contribution is 9.10. The molecule has 0 bridgehead atoms. The molecule has 0 aliphatic carbocycles. The summed E-state index contributed by atoms with van der Waals surface area (Å²) in [6, 6.07) is 6.13. The van der Waals surface area contributed by atoms with E-state index in [0.717, 1.165) is 5.56 Å². The largest absolute Gasteiger partial charge is 0.398 e. The van der Waals surface area contributed by atoms with Gasteiger partial charge in [0.15, 0.2) is 5.15 Å². The second-order valence-corrected chi connectivity index (χ2v) is 7.06. The topological polar surface area (TPSA) is 85.1 Å². The third-order valence-corrected chi connectivity index (χ3v) is 4.72. The van der Waals surface area contributed by atoms with Crippen LogP contribution >= 0.6 is 27.5 Å². The number of hydrogen-bond donors (Lipinski definition) is 2. The summed E-state index contributed by atoms with van der Waals surface area (Å²) < 4.78 is 27.7. The molecular formula is C12H11BrClN3O2S. The maximum atomic E-state index is 12.3. The molecule has 0 saturated heterocycles. The number of aryl methyl sites for hydroxylation is 1. The Morgan fingerprint density at radius 3 is 2.70 bits per heavy atom. The van der Waals surface area contributed by atoms with Gasteiger partial charge in [0.25, 0.3) is 10.0 Å². The van der Waals surface area contributed by atoms with Gasteiger partial charge in [0, 0.05) is 10.7 Å². The second-order valence-electron chi connectivity index (χ2n) is 4.14. The van der Waals surface area contributed by atoms with Crippen LogP contribution in [0, 0.1) is 6.92 Å².